The molecule has 8 heteroatoms. The zero-order chi connectivity index (χ0) is 21.1. The molecular formula is C20H31N3O4S. The number of benzene rings is 1. The Bertz CT molecular complexity index is 795. The molecule has 2 amide bonds. The number of sulfonamides is 1. The second-order valence-corrected chi connectivity index (χ2v) is 10.1. The van der Waals surface area contributed by atoms with Gasteiger partial charge in [0.1, 0.15) is 6.04 Å². The fourth-order valence-corrected chi connectivity index (χ4v) is 5.31. The molecule has 0 unspecified atom stereocenters. The highest BCUT2D eigenvalue weighted by molar-refractivity contribution is 7.89. The van der Waals surface area contributed by atoms with Crippen molar-refractivity contribution >= 4 is 27.5 Å². The van der Waals surface area contributed by atoms with Gasteiger partial charge < -0.3 is 10.6 Å². The van der Waals surface area contributed by atoms with Gasteiger partial charge in [0.15, 0.2) is 0 Å². The summed E-state index contributed by atoms with van der Waals surface area (Å²) in [5.74, 6) is -0.0240. The van der Waals surface area contributed by atoms with Gasteiger partial charge in [0.2, 0.25) is 21.8 Å². The number of rotatable bonds is 6. The van der Waals surface area contributed by atoms with Crippen LogP contribution in [0.5, 0.6) is 0 Å². The highest BCUT2D eigenvalue weighted by atomic mass is 32.2. The monoisotopic (exact) mass is 409 g/mol. The van der Waals surface area contributed by atoms with Crippen LogP contribution in [0.15, 0.2) is 29.2 Å². The van der Waals surface area contributed by atoms with Gasteiger partial charge in [0.25, 0.3) is 0 Å². The van der Waals surface area contributed by atoms with Gasteiger partial charge in [0.05, 0.1) is 4.90 Å². The molecule has 156 valence electrons. The Hall–Kier alpha value is -1.93. The zero-order valence-electron chi connectivity index (χ0n) is 17.2. The number of anilines is 1. The minimum Gasteiger partial charge on any atom is -0.344 e. The lowest BCUT2D eigenvalue weighted by atomic mass is 9.94. The predicted molar refractivity (Wildman–Crippen MR) is 109 cm³/mol. The highest BCUT2D eigenvalue weighted by Crippen LogP contribution is 2.27. The van der Waals surface area contributed by atoms with Crippen LogP contribution in [0, 0.1) is 17.8 Å². The highest BCUT2D eigenvalue weighted by Gasteiger charge is 2.31. The van der Waals surface area contributed by atoms with Crippen LogP contribution in [0.2, 0.25) is 0 Å². The molecule has 2 N–H and O–H groups in total. The SMILES string of the molecule is CC(=O)N[C@@H](C(=O)Nc1ccc(S(=O)(=O)N2C[C@H](C)C[C@@H](C)C2)cc1)C(C)C. The Morgan fingerprint density at radius 3 is 2.07 bits per heavy atom. The quantitative estimate of drug-likeness (QED) is 0.754. The Labute approximate surface area is 167 Å². The summed E-state index contributed by atoms with van der Waals surface area (Å²) in [6, 6.07) is 5.52. The summed E-state index contributed by atoms with van der Waals surface area (Å²) in [4.78, 5) is 24.0. The summed E-state index contributed by atoms with van der Waals surface area (Å²) in [5, 5.41) is 5.37. The fraction of sp³-hybridized carbons (Fsp3) is 0.600. The molecule has 0 spiro atoms. The molecule has 1 saturated heterocycles. The number of hydrogen-bond acceptors (Lipinski definition) is 4. The second-order valence-electron chi connectivity index (χ2n) is 8.20. The van der Waals surface area contributed by atoms with Crippen molar-refractivity contribution in [3.63, 3.8) is 0 Å². The molecule has 1 aliphatic heterocycles. The lowest BCUT2D eigenvalue weighted by Crippen LogP contribution is -2.46. The number of amides is 2. The van der Waals surface area contributed by atoms with Crippen LogP contribution in [0.1, 0.15) is 41.0 Å². The van der Waals surface area contributed by atoms with Crippen LogP contribution in [-0.4, -0.2) is 43.7 Å². The lowest BCUT2D eigenvalue weighted by molar-refractivity contribution is -0.126. The summed E-state index contributed by atoms with van der Waals surface area (Å²) < 4.78 is 27.4. The topological polar surface area (TPSA) is 95.6 Å². The van der Waals surface area contributed by atoms with Gasteiger partial charge in [-0.2, -0.15) is 4.31 Å². The van der Waals surface area contributed by atoms with Gasteiger partial charge in [-0.15, -0.1) is 0 Å². The van der Waals surface area contributed by atoms with Gasteiger partial charge in [-0.1, -0.05) is 27.7 Å². The maximum absolute atomic E-state index is 12.9. The molecule has 1 heterocycles. The third kappa shape index (κ3) is 5.54. The van der Waals surface area contributed by atoms with Crippen molar-refractivity contribution in [2.24, 2.45) is 17.8 Å². The van der Waals surface area contributed by atoms with E-state index in [-0.39, 0.29) is 22.6 Å². The van der Waals surface area contributed by atoms with E-state index in [0.717, 1.165) is 6.42 Å². The Balaban J connectivity index is 2.12. The van der Waals surface area contributed by atoms with Crippen molar-refractivity contribution < 1.29 is 18.0 Å². The lowest BCUT2D eigenvalue weighted by Gasteiger charge is -2.34. The summed E-state index contributed by atoms with van der Waals surface area (Å²) >= 11 is 0. The first-order valence-corrected chi connectivity index (χ1v) is 11.1. The molecule has 1 fully saturated rings. The molecule has 1 aromatic carbocycles. The smallest absolute Gasteiger partial charge is 0.247 e. The van der Waals surface area contributed by atoms with Gasteiger partial charge in [-0.05, 0) is 48.4 Å². The van der Waals surface area contributed by atoms with Gasteiger partial charge in [0, 0.05) is 25.7 Å². The molecule has 0 saturated carbocycles. The van der Waals surface area contributed by atoms with Gasteiger partial charge in [-0.25, -0.2) is 8.42 Å². The number of hydrogen-bond donors (Lipinski definition) is 2. The van der Waals surface area contributed by atoms with E-state index in [1.54, 1.807) is 16.4 Å². The fourth-order valence-electron chi connectivity index (χ4n) is 3.64. The van der Waals surface area contributed by atoms with Crippen LogP contribution in [0.25, 0.3) is 0 Å². The molecule has 1 aromatic rings. The minimum absolute atomic E-state index is 0.0772. The maximum atomic E-state index is 12.9. The number of piperidine rings is 1. The Morgan fingerprint density at radius 1 is 1.07 bits per heavy atom. The van der Waals surface area contributed by atoms with Crippen LogP contribution in [-0.2, 0) is 19.6 Å². The van der Waals surface area contributed by atoms with Gasteiger partial charge in [-0.3, -0.25) is 9.59 Å². The van der Waals surface area contributed by atoms with Crippen LogP contribution in [0.4, 0.5) is 5.69 Å². The molecule has 0 aliphatic carbocycles. The second kappa shape index (κ2) is 9.05. The summed E-state index contributed by atoms with van der Waals surface area (Å²) in [7, 11) is -3.56. The zero-order valence-corrected chi connectivity index (χ0v) is 18.0. The normalized spacial score (nSPS) is 21.9. The molecule has 1 aliphatic rings. The molecular weight excluding hydrogens is 378 g/mol. The van der Waals surface area contributed by atoms with Crippen molar-refractivity contribution in [2.75, 3.05) is 18.4 Å². The number of nitrogens with one attached hydrogen (secondary N) is 2. The summed E-state index contributed by atoms with van der Waals surface area (Å²) in [6.45, 7) is 10.2. The number of carbonyl (C=O) groups is 2. The standard InChI is InChI=1S/C20H31N3O4S/c1-13(2)19(21-16(5)24)20(25)22-17-6-8-18(9-7-17)28(26,27)23-11-14(3)10-15(4)12-23/h6-9,13-15,19H,10-12H2,1-5H3,(H,21,24)(H,22,25)/t14-,15-,19-/m1/s1. The largest absolute Gasteiger partial charge is 0.344 e. The van der Waals surface area contributed by atoms with Crippen molar-refractivity contribution in [3.8, 4) is 0 Å². The maximum Gasteiger partial charge on any atom is 0.247 e. The molecule has 0 bridgehead atoms. The van der Waals surface area contributed by atoms with Crippen LogP contribution >= 0.6 is 0 Å². The Morgan fingerprint density at radius 2 is 1.61 bits per heavy atom. The Kier molecular flexibility index (Phi) is 7.22. The van der Waals surface area contributed by atoms with Crippen LogP contribution in [0.3, 0.4) is 0 Å². The van der Waals surface area contributed by atoms with E-state index >= 15 is 0 Å². The van der Waals surface area contributed by atoms with E-state index in [1.165, 1.54) is 19.1 Å². The molecule has 0 radical (unpaired) electrons. The molecule has 28 heavy (non-hydrogen) atoms. The number of carbonyl (C=O) groups excluding carboxylic acids is 2. The molecule has 2 rings (SSSR count). The van der Waals surface area contributed by atoms with E-state index in [1.807, 2.05) is 13.8 Å². The van der Waals surface area contributed by atoms with E-state index in [2.05, 4.69) is 24.5 Å². The van der Waals surface area contributed by atoms with Crippen molar-refractivity contribution in [1.29, 1.82) is 0 Å². The predicted octanol–water partition coefficient (Wildman–Crippen LogP) is 2.45. The number of nitrogens with zero attached hydrogens (tertiary/aromatic N) is 1. The van der Waals surface area contributed by atoms with Crippen molar-refractivity contribution in [1.82, 2.24) is 9.62 Å². The molecule has 0 aromatic heterocycles. The summed E-state index contributed by atoms with van der Waals surface area (Å²) in [6.07, 6.45) is 1.03. The average molecular weight is 410 g/mol. The van der Waals surface area contributed by atoms with E-state index < -0.39 is 16.1 Å². The third-order valence-electron chi connectivity index (χ3n) is 4.90. The minimum atomic E-state index is -3.56. The molecule has 7 nitrogen and oxygen atoms in total. The first-order chi connectivity index (χ1) is 13.0. The van der Waals surface area contributed by atoms with Crippen LogP contribution < -0.4 is 10.6 Å². The first-order valence-electron chi connectivity index (χ1n) is 9.69. The van der Waals surface area contributed by atoms with E-state index in [0.29, 0.717) is 30.6 Å². The molecule has 3 atom stereocenters. The van der Waals surface area contributed by atoms with Crippen molar-refractivity contribution in [2.45, 2.75) is 52.0 Å². The summed E-state index contributed by atoms with van der Waals surface area (Å²) in [5.41, 5.74) is 0.486. The third-order valence-corrected chi connectivity index (χ3v) is 6.75. The first kappa shape index (κ1) is 22.4. The average Bonchev–Trinajstić information content (AvgIpc) is 2.58. The van der Waals surface area contributed by atoms with Gasteiger partial charge >= 0.3 is 0 Å². The van der Waals surface area contributed by atoms with E-state index in [4.69, 9.17) is 0 Å². The van der Waals surface area contributed by atoms with E-state index in [9.17, 15) is 18.0 Å². The van der Waals surface area contributed by atoms with Crippen molar-refractivity contribution in [3.05, 3.63) is 24.3 Å².